The van der Waals surface area contributed by atoms with Crippen molar-refractivity contribution in [1.29, 1.82) is 0 Å². The zero-order chi connectivity index (χ0) is 12.5. The molecule has 0 amide bonds. The van der Waals surface area contributed by atoms with E-state index >= 15 is 0 Å². The van der Waals surface area contributed by atoms with Gasteiger partial charge < -0.3 is 11.1 Å². The van der Waals surface area contributed by atoms with Crippen LogP contribution in [0.15, 0.2) is 24.3 Å². The molecule has 1 aliphatic carbocycles. The van der Waals surface area contributed by atoms with Crippen molar-refractivity contribution >= 4 is 5.69 Å². The predicted octanol–water partition coefficient (Wildman–Crippen LogP) is 3.00. The maximum Gasteiger partial charge on any atom is 0.418 e. The second-order valence-corrected chi connectivity index (χ2v) is 4.46. The summed E-state index contributed by atoms with van der Waals surface area (Å²) in [7, 11) is 0. The van der Waals surface area contributed by atoms with Crippen LogP contribution in [0.4, 0.5) is 18.9 Å². The smallest absolute Gasteiger partial charge is 0.382 e. The third kappa shape index (κ3) is 2.91. The third-order valence-corrected chi connectivity index (χ3v) is 3.07. The van der Waals surface area contributed by atoms with E-state index in [2.05, 4.69) is 5.32 Å². The van der Waals surface area contributed by atoms with Crippen molar-refractivity contribution in [3.05, 3.63) is 29.8 Å². The predicted molar refractivity (Wildman–Crippen MR) is 60.7 cm³/mol. The molecule has 0 radical (unpaired) electrons. The molecule has 1 aromatic carbocycles. The Bertz CT molecular complexity index is 390. The highest BCUT2D eigenvalue weighted by atomic mass is 19.4. The van der Waals surface area contributed by atoms with Gasteiger partial charge in [-0.05, 0) is 31.4 Å². The molecule has 0 bridgehead atoms. The van der Waals surface area contributed by atoms with Gasteiger partial charge in [0.1, 0.15) is 0 Å². The number of nitrogens with one attached hydrogen (secondary N) is 1. The lowest BCUT2D eigenvalue weighted by Crippen LogP contribution is -2.22. The number of benzene rings is 1. The normalized spacial score (nSPS) is 24.9. The van der Waals surface area contributed by atoms with Crippen LogP contribution < -0.4 is 11.1 Å². The molecule has 0 heterocycles. The number of halogens is 3. The van der Waals surface area contributed by atoms with E-state index in [4.69, 9.17) is 5.73 Å². The number of rotatable bonds is 2. The van der Waals surface area contributed by atoms with Gasteiger partial charge in [0.15, 0.2) is 0 Å². The van der Waals surface area contributed by atoms with Crippen LogP contribution in [0, 0.1) is 0 Å². The molecule has 2 atom stereocenters. The summed E-state index contributed by atoms with van der Waals surface area (Å²) in [5, 5.41) is 2.95. The summed E-state index contributed by atoms with van der Waals surface area (Å²) in [6.45, 7) is 0. The summed E-state index contributed by atoms with van der Waals surface area (Å²) in [6, 6.07) is 5.71. The molecule has 1 fully saturated rings. The maximum atomic E-state index is 12.7. The van der Waals surface area contributed by atoms with Crippen molar-refractivity contribution < 1.29 is 13.2 Å². The average Bonchev–Trinajstić information content (AvgIpc) is 2.63. The van der Waals surface area contributed by atoms with E-state index in [1.165, 1.54) is 12.1 Å². The molecular formula is C12H15F3N2. The first kappa shape index (κ1) is 12.2. The molecule has 1 aromatic rings. The Labute approximate surface area is 98.0 Å². The number of hydrogen-bond donors (Lipinski definition) is 2. The van der Waals surface area contributed by atoms with Gasteiger partial charge in [0.25, 0.3) is 0 Å². The van der Waals surface area contributed by atoms with Crippen molar-refractivity contribution in [1.82, 2.24) is 0 Å². The molecule has 0 aromatic heterocycles. The number of nitrogens with two attached hydrogens (primary N) is 1. The fraction of sp³-hybridized carbons (Fsp3) is 0.500. The van der Waals surface area contributed by atoms with Crippen molar-refractivity contribution in [3.8, 4) is 0 Å². The first-order chi connectivity index (χ1) is 7.97. The number of hydrogen-bond acceptors (Lipinski definition) is 2. The molecule has 5 heteroatoms. The van der Waals surface area contributed by atoms with Crippen molar-refractivity contribution in [3.63, 3.8) is 0 Å². The van der Waals surface area contributed by atoms with E-state index in [0.717, 1.165) is 25.3 Å². The molecule has 1 saturated carbocycles. The van der Waals surface area contributed by atoms with E-state index in [1.54, 1.807) is 6.07 Å². The Morgan fingerprint density at radius 1 is 1.18 bits per heavy atom. The summed E-state index contributed by atoms with van der Waals surface area (Å²) in [4.78, 5) is 0. The SMILES string of the molecule is NC1CCC(Nc2ccccc2C(F)(F)F)C1. The van der Waals surface area contributed by atoms with Crippen LogP contribution in [0.2, 0.25) is 0 Å². The number of anilines is 1. The van der Waals surface area contributed by atoms with Crippen molar-refractivity contribution in [2.45, 2.75) is 37.5 Å². The molecule has 0 spiro atoms. The highest BCUT2D eigenvalue weighted by molar-refractivity contribution is 5.53. The molecule has 1 aliphatic rings. The number of alkyl halides is 3. The van der Waals surface area contributed by atoms with Gasteiger partial charge in [-0.15, -0.1) is 0 Å². The quantitative estimate of drug-likeness (QED) is 0.839. The van der Waals surface area contributed by atoms with Gasteiger partial charge >= 0.3 is 6.18 Å². The van der Waals surface area contributed by atoms with Crippen LogP contribution in [0.1, 0.15) is 24.8 Å². The summed E-state index contributed by atoms with van der Waals surface area (Å²) in [5.41, 5.74) is 5.28. The average molecular weight is 244 g/mol. The van der Waals surface area contributed by atoms with Gasteiger partial charge in [0, 0.05) is 17.8 Å². The topological polar surface area (TPSA) is 38.0 Å². The Kier molecular flexibility index (Phi) is 3.28. The minimum atomic E-state index is -4.32. The lowest BCUT2D eigenvalue weighted by molar-refractivity contribution is -0.137. The van der Waals surface area contributed by atoms with Crippen LogP contribution in [0.5, 0.6) is 0 Å². The molecule has 17 heavy (non-hydrogen) atoms. The van der Waals surface area contributed by atoms with Crippen LogP contribution in [0.3, 0.4) is 0 Å². The fourth-order valence-corrected chi connectivity index (χ4v) is 2.22. The van der Waals surface area contributed by atoms with Gasteiger partial charge in [-0.1, -0.05) is 12.1 Å². The van der Waals surface area contributed by atoms with E-state index in [0.29, 0.717) is 0 Å². The minimum Gasteiger partial charge on any atom is -0.382 e. The second-order valence-electron chi connectivity index (χ2n) is 4.46. The molecular weight excluding hydrogens is 229 g/mol. The lowest BCUT2D eigenvalue weighted by atomic mass is 10.1. The van der Waals surface area contributed by atoms with Crippen molar-refractivity contribution in [2.75, 3.05) is 5.32 Å². The lowest BCUT2D eigenvalue weighted by Gasteiger charge is -2.18. The van der Waals surface area contributed by atoms with Crippen LogP contribution in [0.25, 0.3) is 0 Å². The van der Waals surface area contributed by atoms with Gasteiger partial charge in [-0.2, -0.15) is 13.2 Å². The zero-order valence-electron chi connectivity index (χ0n) is 9.30. The second kappa shape index (κ2) is 4.56. The summed E-state index contributed by atoms with van der Waals surface area (Å²) >= 11 is 0. The van der Waals surface area contributed by atoms with E-state index in [-0.39, 0.29) is 17.8 Å². The van der Waals surface area contributed by atoms with Gasteiger partial charge in [-0.3, -0.25) is 0 Å². The zero-order valence-corrected chi connectivity index (χ0v) is 9.30. The van der Waals surface area contributed by atoms with E-state index in [9.17, 15) is 13.2 Å². The monoisotopic (exact) mass is 244 g/mol. The molecule has 2 unspecified atom stereocenters. The summed E-state index contributed by atoms with van der Waals surface area (Å²) in [5.74, 6) is 0. The number of para-hydroxylation sites is 1. The van der Waals surface area contributed by atoms with E-state index < -0.39 is 11.7 Å². The fourth-order valence-electron chi connectivity index (χ4n) is 2.22. The van der Waals surface area contributed by atoms with Crippen molar-refractivity contribution in [2.24, 2.45) is 5.73 Å². The van der Waals surface area contributed by atoms with Gasteiger partial charge in [0.05, 0.1) is 5.56 Å². The Morgan fingerprint density at radius 3 is 2.47 bits per heavy atom. The van der Waals surface area contributed by atoms with Crippen LogP contribution in [-0.4, -0.2) is 12.1 Å². The molecule has 2 nitrogen and oxygen atoms in total. The molecule has 94 valence electrons. The van der Waals surface area contributed by atoms with E-state index in [1.807, 2.05) is 0 Å². The van der Waals surface area contributed by atoms with Gasteiger partial charge in [0.2, 0.25) is 0 Å². The molecule has 2 rings (SSSR count). The van der Waals surface area contributed by atoms with Gasteiger partial charge in [-0.25, -0.2) is 0 Å². The molecule has 3 N–H and O–H groups in total. The Morgan fingerprint density at radius 2 is 1.88 bits per heavy atom. The highest BCUT2D eigenvalue weighted by Gasteiger charge is 2.34. The molecule has 0 aliphatic heterocycles. The Balaban J connectivity index is 2.15. The van der Waals surface area contributed by atoms with Crippen LogP contribution >= 0.6 is 0 Å². The molecule has 0 saturated heterocycles. The van der Waals surface area contributed by atoms with Crippen LogP contribution in [-0.2, 0) is 6.18 Å². The first-order valence-corrected chi connectivity index (χ1v) is 5.65. The standard InChI is InChI=1S/C12H15F3N2/c13-12(14,15)10-3-1-2-4-11(10)17-9-6-5-8(16)7-9/h1-4,8-9,17H,5-7,16H2. The maximum absolute atomic E-state index is 12.7. The first-order valence-electron chi connectivity index (χ1n) is 5.65. The Hall–Kier alpha value is -1.23. The third-order valence-electron chi connectivity index (χ3n) is 3.07. The largest absolute Gasteiger partial charge is 0.418 e. The summed E-state index contributed by atoms with van der Waals surface area (Å²) in [6.07, 6.45) is -1.89. The minimum absolute atomic E-state index is 0.0495. The highest BCUT2D eigenvalue weighted by Crippen LogP contribution is 2.35. The summed E-state index contributed by atoms with van der Waals surface area (Å²) < 4.78 is 38.2.